The van der Waals surface area contributed by atoms with Crippen molar-refractivity contribution >= 4 is 23.6 Å². The monoisotopic (exact) mass is 354 g/mol. The van der Waals surface area contributed by atoms with Gasteiger partial charge in [0.25, 0.3) is 0 Å². The molecule has 1 amide bonds. The summed E-state index contributed by atoms with van der Waals surface area (Å²) in [5.41, 5.74) is 1.05. The number of aromatic nitrogens is 2. The van der Waals surface area contributed by atoms with Crippen molar-refractivity contribution in [3.8, 4) is 0 Å². The molecule has 2 aliphatic heterocycles. The van der Waals surface area contributed by atoms with Crippen molar-refractivity contribution in [2.75, 3.05) is 24.7 Å². The van der Waals surface area contributed by atoms with Crippen molar-refractivity contribution in [1.29, 1.82) is 0 Å². The number of halogens is 1. The zero-order valence-corrected chi connectivity index (χ0v) is 15.3. The summed E-state index contributed by atoms with van der Waals surface area (Å²) < 4.78 is 10.9. The summed E-state index contributed by atoms with van der Waals surface area (Å²) in [6, 6.07) is 0.191. The Morgan fingerprint density at radius 1 is 1.33 bits per heavy atom. The molecule has 7 nitrogen and oxygen atoms in total. The van der Waals surface area contributed by atoms with Gasteiger partial charge in [0, 0.05) is 12.1 Å². The molecule has 1 fully saturated rings. The van der Waals surface area contributed by atoms with E-state index in [0.29, 0.717) is 37.4 Å². The van der Waals surface area contributed by atoms with Crippen LogP contribution in [0.25, 0.3) is 0 Å². The minimum absolute atomic E-state index is 0.191. The second-order valence-corrected chi connectivity index (χ2v) is 7.55. The van der Waals surface area contributed by atoms with Gasteiger partial charge in [-0.3, -0.25) is 4.90 Å². The molecule has 1 aromatic heterocycles. The lowest BCUT2D eigenvalue weighted by atomic mass is 10.2. The normalized spacial score (nSPS) is 21.0. The van der Waals surface area contributed by atoms with Gasteiger partial charge < -0.3 is 14.4 Å². The summed E-state index contributed by atoms with van der Waals surface area (Å²) in [6.07, 6.45) is -0.363. The summed E-state index contributed by atoms with van der Waals surface area (Å²) in [6.45, 7) is 10.4. The molecule has 0 unspecified atom stereocenters. The maximum Gasteiger partial charge on any atom is 0.410 e. The Morgan fingerprint density at radius 3 is 2.75 bits per heavy atom. The molecule has 1 saturated heterocycles. The molecule has 0 N–H and O–H groups in total. The Bertz CT molecular complexity index is 647. The third-order valence-electron chi connectivity index (χ3n) is 4.00. The quantitative estimate of drug-likeness (QED) is 0.722. The number of morpholine rings is 1. The van der Waals surface area contributed by atoms with Gasteiger partial charge >= 0.3 is 6.09 Å². The second-order valence-electron chi connectivity index (χ2n) is 7.19. The predicted octanol–water partition coefficient (Wildman–Crippen LogP) is 2.61. The fourth-order valence-corrected chi connectivity index (χ4v) is 3.06. The number of amides is 1. The van der Waals surface area contributed by atoms with Gasteiger partial charge in [0.1, 0.15) is 10.8 Å². The third kappa shape index (κ3) is 3.57. The lowest BCUT2D eigenvalue weighted by Gasteiger charge is -2.33. The van der Waals surface area contributed by atoms with Crippen LogP contribution in [-0.2, 0) is 22.6 Å². The Hall–Kier alpha value is -1.60. The van der Waals surface area contributed by atoms with Gasteiger partial charge in [-0.25, -0.2) is 14.8 Å². The van der Waals surface area contributed by atoms with E-state index in [1.165, 1.54) is 0 Å². The third-order valence-corrected chi connectivity index (χ3v) is 4.31. The molecule has 132 valence electrons. The van der Waals surface area contributed by atoms with Gasteiger partial charge in [-0.2, -0.15) is 0 Å². The molecule has 24 heavy (non-hydrogen) atoms. The van der Waals surface area contributed by atoms with Crippen LogP contribution in [0.5, 0.6) is 0 Å². The van der Waals surface area contributed by atoms with E-state index < -0.39 is 5.60 Å². The smallest absolute Gasteiger partial charge is 0.410 e. The van der Waals surface area contributed by atoms with Crippen LogP contribution >= 0.6 is 11.6 Å². The maximum absolute atomic E-state index is 12.3. The second kappa shape index (κ2) is 6.37. The van der Waals surface area contributed by atoms with E-state index in [4.69, 9.17) is 21.1 Å². The van der Waals surface area contributed by atoms with Crippen molar-refractivity contribution in [3.63, 3.8) is 0 Å². The van der Waals surface area contributed by atoms with Gasteiger partial charge in [0.2, 0.25) is 5.95 Å². The van der Waals surface area contributed by atoms with Crippen LogP contribution in [0.1, 0.15) is 39.0 Å². The molecule has 0 radical (unpaired) electrons. The van der Waals surface area contributed by atoms with Gasteiger partial charge in [-0.15, -0.1) is 0 Å². The standard InChI is InChI=1S/C16H23ClN4O3/c1-10-9-23-6-5-21(10)14-18-12-8-20(7-11(12)13(17)19-14)15(22)24-16(2,3)4/h10H,5-9H2,1-4H3/t10-/m0/s1. The van der Waals surface area contributed by atoms with E-state index in [0.717, 1.165) is 17.8 Å². The highest BCUT2D eigenvalue weighted by Crippen LogP contribution is 2.30. The first-order valence-corrected chi connectivity index (χ1v) is 8.50. The van der Waals surface area contributed by atoms with Crippen LogP contribution < -0.4 is 4.90 Å². The Balaban J connectivity index is 1.79. The number of anilines is 1. The largest absolute Gasteiger partial charge is 0.444 e. The van der Waals surface area contributed by atoms with Crippen LogP contribution in [0.3, 0.4) is 0 Å². The van der Waals surface area contributed by atoms with E-state index in [2.05, 4.69) is 21.8 Å². The van der Waals surface area contributed by atoms with Gasteiger partial charge in [-0.05, 0) is 27.7 Å². The van der Waals surface area contributed by atoms with Gasteiger partial charge in [0.05, 0.1) is 38.0 Å². The van der Waals surface area contributed by atoms with E-state index in [1.807, 2.05) is 20.8 Å². The van der Waals surface area contributed by atoms with Crippen LogP contribution in [-0.4, -0.2) is 52.4 Å². The highest BCUT2D eigenvalue weighted by atomic mass is 35.5. The van der Waals surface area contributed by atoms with Crippen LogP contribution in [0.4, 0.5) is 10.7 Å². The molecule has 0 spiro atoms. The summed E-state index contributed by atoms with van der Waals surface area (Å²) in [4.78, 5) is 25.0. The van der Waals surface area contributed by atoms with Crippen LogP contribution in [0.15, 0.2) is 0 Å². The number of ether oxygens (including phenoxy) is 2. The molecule has 3 heterocycles. The maximum atomic E-state index is 12.3. The van der Waals surface area contributed by atoms with Crippen LogP contribution in [0, 0.1) is 0 Å². The van der Waals surface area contributed by atoms with Crippen molar-refractivity contribution in [2.24, 2.45) is 0 Å². The minimum Gasteiger partial charge on any atom is -0.444 e. The number of hydrogen-bond acceptors (Lipinski definition) is 6. The first-order valence-electron chi connectivity index (χ1n) is 8.12. The molecular weight excluding hydrogens is 332 g/mol. The number of nitrogens with zero attached hydrogens (tertiary/aromatic N) is 4. The molecule has 1 aromatic rings. The number of carbonyl (C=O) groups excluding carboxylic acids is 1. The molecule has 3 rings (SSSR count). The molecule has 0 saturated carbocycles. The van der Waals surface area contributed by atoms with E-state index in [9.17, 15) is 4.79 Å². The van der Waals surface area contributed by atoms with Crippen molar-refractivity contribution in [2.45, 2.75) is 52.4 Å². The highest BCUT2D eigenvalue weighted by molar-refractivity contribution is 6.30. The van der Waals surface area contributed by atoms with Crippen molar-refractivity contribution in [1.82, 2.24) is 14.9 Å². The van der Waals surface area contributed by atoms with Crippen molar-refractivity contribution in [3.05, 3.63) is 16.4 Å². The minimum atomic E-state index is -0.532. The Kier molecular flexibility index (Phi) is 4.57. The average Bonchev–Trinajstić information content (AvgIpc) is 2.91. The molecule has 1 atom stereocenters. The Labute approximate surface area is 146 Å². The average molecular weight is 355 g/mol. The van der Waals surface area contributed by atoms with Crippen molar-refractivity contribution < 1.29 is 14.3 Å². The predicted molar refractivity (Wildman–Crippen MR) is 90.2 cm³/mol. The van der Waals surface area contributed by atoms with E-state index >= 15 is 0 Å². The van der Waals surface area contributed by atoms with Gasteiger partial charge in [-0.1, -0.05) is 11.6 Å². The van der Waals surface area contributed by atoms with E-state index in [1.54, 1.807) is 4.90 Å². The highest BCUT2D eigenvalue weighted by Gasteiger charge is 2.32. The summed E-state index contributed by atoms with van der Waals surface area (Å²) in [7, 11) is 0. The summed E-state index contributed by atoms with van der Waals surface area (Å²) in [5.74, 6) is 0.598. The zero-order valence-electron chi connectivity index (χ0n) is 14.5. The number of hydrogen-bond donors (Lipinski definition) is 0. The SMILES string of the molecule is C[C@H]1COCCN1c1nc(Cl)c2c(n1)CN(C(=O)OC(C)(C)C)C2. The Morgan fingerprint density at radius 2 is 2.08 bits per heavy atom. The molecular formula is C16H23ClN4O3. The fraction of sp³-hybridized carbons (Fsp3) is 0.688. The lowest BCUT2D eigenvalue weighted by molar-refractivity contribution is 0.0240. The van der Waals surface area contributed by atoms with Gasteiger partial charge in [0.15, 0.2) is 0 Å². The molecule has 8 heteroatoms. The molecule has 0 aliphatic carbocycles. The topological polar surface area (TPSA) is 67.8 Å². The molecule has 0 bridgehead atoms. The number of rotatable bonds is 1. The first-order chi connectivity index (χ1) is 11.2. The zero-order chi connectivity index (χ0) is 17.5. The number of fused-ring (bicyclic) bond motifs is 1. The summed E-state index contributed by atoms with van der Waals surface area (Å²) in [5, 5.41) is 0.403. The fourth-order valence-electron chi connectivity index (χ4n) is 2.81. The van der Waals surface area contributed by atoms with Crippen LogP contribution in [0.2, 0.25) is 5.15 Å². The summed E-state index contributed by atoms with van der Waals surface area (Å²) >= 11 is 6.36. The number of carbonyl (C=O) groups is 1. The molecule has 2 aliphatic rings. The first kappa shape index (κ1) is 17.2. The van der Waals surface area contributed by atoms with E-state index in [-0.39, 0.29) is 12.1 Å². The molecule has 0 aromatic carbocycles. The lowest BCUT2D eigenvalue weighted by Crippen LogP contribution is -2.44.